The minimum absolute atomic E-state index is 0.00495. The molecule has 0 aliphatic carbocycles. The summed E-state index contributed by atoms with van der Waals surface area (Å²) in [4.78, 5) is 0. The maximum atomic E-state index is 8.13. The van der Waals surface area contributed by atoms with E-state index in [4.69, 9.17) is 21.6 Å². The Kier molecular flexibility index (Phi) is 5.70. The van der Waals surface area contributed by atoms with Crippen LogP contribution in [-0.4, -0.2) is 19.1 Å². The van der Waals surface area contributed by atoms with Gasteiger partial charge in [0, 0.05) is 13.5 Å². The van der Waals surface area contributed by atoms with Gasteiger partial charge >= 0.3 is 0 Å². The molecule has 0 aromatic carbocycles. The second-order valence-electron chi connectivity index (χ2n) is 1.75. The van der Waals surface area contributed by atoms with Crippen LogP contribution in [0.15, 0.2) is 0 Å². The van der Waals surface area contributed by atoms with E-state index in [1.807, 2.05) is 6.07 Å². The van der Waals surface area contributed by atoms with E-state index >= 15 is 0 Å². The summed E-state index contributed by atoms with van der Waals surface area (Å²) >= 11 is 5.68. The molecular weight excluding hydrogens is 138 g/mol. The molecule has 52 valence electrons. The van der Waals surface area contributed by atoms with Gasteiger partial charge in [-0.15, -0.1) is 11.6 Å². The summed E-state index contributed by atoms with van der Waals surface area (Å²) in [6.07, 6.45) is 1.23. The molecule has 0 aliphatic rings. The van der Waals surface area contributed by atoms with E-state index in [0.29, 0.717) is 19.4 Å². The van der Waals surface area contributed by atoms with Crippen molar-refractivity contribution in [2.45, 2.75) is 18.2 Å². The second kappa shape index (κ2) is 5.87. The van der Waals surface area contributed by atoms with Crippen molar-refractivity contribution in [3.05, 3.63) is 0 Å². The molecule has 0 aromatic heterocycles. The number of nitriles is 1. The van der Waals surface area contributed by atoms with Crippen LogP contribution in [-0.2, 0) is 4.74 Å². The lowest BCUT2D eigenvalue weighted by Gasteiger charge is -2.02. The van der Waals surface area contributed by atoms with Gasteiger partial charge in [-0.2, -0.15) is 5.26 Å². The average molecular weight is 148 g/mol. The van der Waals surface area contributed by atoms with Crippen LogP contribution in [0.5, 0.6) is 0 Å². The van der Waals surface area contributed by atoms with Crippen LogP contribution in [0.1, 0.15) is 12.8 Å². The Morgan fingerprint density at radius 1 is 1.78 bits per heavy atom. The molecule has 9 heavy (non-hydrogen) atoms. The van der Waals surface area contributed by atoms with E-state index in [-0.39, 0.29) is 5.38 Å². The summed E-state index contributed by atoms with van der Waals surface area (Å²) in [5.41, 5.74) is 0. The number of alkyl halides is 1. The predicted molar refractivity (Wildman–Crippen MR) is 36.4 cm³/mol. The fourth-order valence-corrected chi connectivity index (χ4v) is 0.720. The molecule has 1 unspecified atom stereocenters. The summed E-state index contributed by atoms with van der Waals surface area (Å²) in [5.74, 6) is 0. The average Bonchev–Trinajstić information content (AvgIpc) is 1.85. The number of nitrogens with zero attached hydrogens (tertiary/aromatic N) is 1. The van der Waals surface area contributed by atoms with Gasteiger partial charge in [0.25, 0.3) is 0 Å². The third kappa shape index (κ3) is 5.61. The molecule has 0 fully saturated rings. The van der Waals surface area contributed by atoms with E-state index in [2.05, 4.69) is 0 Å². The molecule has 0 N–H and O–H groups in total. The van der Waals surface area contributed by atoms with Crippen molar-refractivity contribution in [1.29, 1.82) is 5.26 Å². The van der Waals surface area contributed by atoms with Gasteiger partial charge in [0.2, 0.25) is 0 Å². The first-order valence-electron chi connectivity index (χ1n) is 2.81. The topological polar surface area (TPSA) is 33.0 Å². The molecule has 1 atom stereocenters. The standard InChI is InChI=1S/C6H10ClNO/c1-9-5-6(7)3-2-4-8/h6H,2-3,5H2,1H3. The predicted octanol–water partition coefficient (Wildman–Crippen LogP) is 1.54. The van der Waals surface area contributed by atoms with Crippen LogP contribution in [0.3, 0.4) is 0 Å². The van der Waals surface area contributed by atoms with E-state index in [0.717, 1.165) is 0 Å². The highest BCUT2D eigenvalue weighted by Gasteiger charge is 2.01. The van der Waals surface area contributed by atoms with Crippen molar-refractivity contribution in [3.8, 4) is 6.07 Å². The molecule has 0 radical (unpaired) electrons. The number of rotatable bonds is 4. The Morgan fingerprint density at radius 2 is 2.44 bits per heavy atom. The van der Waals surface area contributed by atoms with Gasteiger partial charge in [-0.25, -0.2) is 0 Å². The number of hydrogen-bond acceptors (Lipinski definition) is 2. The first-order valence-corrected chi connectivity index (χ1v) is 3.25. The molecule has 0 aliphatic heterocycles. The van der Waals surface area contributed by atoms with Crippen molar-refractivity contribution in [3.63, 3.8) is 0 Å². The lowest BCUT2D eigenvalue weighted by Crippen LogP contribution is -2.05. The minimum atomic E-state index is -0.00495. The first kappa shape index (κ1) is 8.74. The van der Waals surface area contributed by atoms with Crippen LogP contribution < -0.4 is 0 Å². The Balaban J connectivity index is 3.07. The van der Waals surface area contributed by atoms with Crippen molar-refractivity contribution in [2.75, 3.05) is 13.7 Å². The van der Waals surface area contributed by atoms with Gasteiger partial charge in [-0.3, -0.25) is 0 Å². The minimum Gasteiger partial charge on any atom is -0.383 e. The summed E-state index contributed by atoms with van der Waals surface area (Å²) in [7, 11) is 1.60. The van der Waals surface area contributed by atoms with Crippen molar-refractivity contribution >= 4 is 11.6 Å². The summed E-state index contributed by atoms with van der Waals surface area (Å²) in [5, 5.41) is 8.13. The number of halogens is 1. The Morgan fingerprint density at radius 3 is 2.89 bits per heavy atom. The van der Waals surface area contributed by atoms with Crippen molar-refractivity contribution in [2.24, 2.45) is 0 Å². The molecule has 2 nitrogen and oxygen atoms in total. The molecular formula is C6H10ClNO. The smallest absolute Gasteiger partial charge is 0.0626 e. The normalized spacial score (nSPS) is 12.6. The van der Waals surface area contributed by atoms with Crippen LogP contribution in [0, 0.1) is 11.3 Å². The quantitative estimate of drug-likeness (QED) is 0.566. The maximum Gasteiger partial charge on any atom is 0.0626 e. The molecule has 0 rings (SSSR count). The zero-order chi connectivity index (χ0) is 7.11. The highest BCUT2D eigenvalue weighted by molar-refractivity contribution is 6.20. The first-order chi connectivity index (χ1) is 4.31. The number of methoxy groups -OCH3 is 1. The van der Waals surface area contributed by atoms with E-state index in [1.54, 1.807) is 7.11 Å². The Hall–Kier alpha value is -0.260. The summed E-state index contributed by atoms with van der Waals surface area (Å²) in [6.45, 7) is 0.531. The van der Waals surface area contributed by atoms with Gasteiger partial charge in [0.15, 0.2) is 0 Å². The molecule has 0 amide bonds. The molecule has 0 saturated heterocycles. The molecule has 0 spiro atoms. The fraction of sp³-hybridized carbons (Fsp3) is 0.833. The number of ether oxygens (including phenoxy) is 1. The Bertz CT molecular complexity index is 99.7. The van der Waals surface area contributed by atoms with Gasteiger partial charge in [-0.05, 0) is 6.42 Å². The summed E-state index contributed by atoms with van der Waals surface area (Å²) in [6, 6.07) is 2.02. The molecule has 0 bridgehead atoms. The summed E-state index contributed by atoms with van der Waals surface area (Å²) < 4.78 is 4.76. The zero-order valence-corrected chi connectivity index (χ0v) is 6.19. The van der Waals surface area contributed by atoms with Gasteiger partial charge in [0.1, 0.15) is 0 Å². The van der Waals surface area contributed by atoms with Crippen LogP contribution in [0.4, 0.5) is 0 Å². The largest absolute Gasteiger partial charge is 0.383 e. The molecule has 0 heterocycles. The number of hydrogen-bond donors (Lipinski definition) is 0. The second-order valence-corrected chi connectivity index (χ2v) is 2.37. The van der Waals surface area contributed by atoms with E-state index in [9.17, 15) is 0 Å². The van der Waals surface area contributed by atoms with Crippen LogP contribution >= 0.6 is 11.6 Å². The lowest BCUT2D eigenvalue weighted by atomic mass is 10.2. The van der Waals surface area contributed by atoms with Gasteiger partial charge < -0.3 is 4.74 Å². The third-order valence-corrected chi connectivity index (χ3v) is 1.26. The van der Waals surface area contributed by atoms with Crippen LogP contribution in [0.25, 0.3) is 0 Å². The van der Waals surface area contributed by atoms with Crippen molar-refractivity contribution < 1.29 is 4.74 Å². The lowest BCUT2D eigenvalue weighted by molar-refractivity contribution is 0.196. The molecule has 0 aromatic rings. The molecule has 0 saturated carbocycles. The van der Waals surface area contributed by atoms with E-state index in [1.165, 1.54) is 0 Å². The zero-order valence-electron chi connectivity index (χ0n) is 5.43. The maximum absolute atomic E-state index is 8.13. The Labute approximate surface area is 60.4 Å². The third-order valence-electron chi connectivity index (χ3n) is 0.917. The molecule has 3 heteroatoms. The van der Waals surface area contributed by atoms with Gasteiger partial charge in [-0.1, -0.05) is 0 Å². The van der Waals surface area contributed by atoms with Crippen molar-refractivity contribution in [1.82, 2.24) is 0 Å². The monoisotopic (exact) mass is 147 g/mol. The highest BCUT2D eigenvalue weighted by atomic mass is 35.5. The highest BCUT2D eigenvalue weighted by Crippen LogP contribution is 2.03. The van der Waals surface area contributed by atoms with Crippen LogP contribution in [0.2, 0.25) is 0 Å². The van der Waals surface area contributed by atoms with E-state index < -0.39 is 0 Å². The fourth-order valence-electron chi connectivity index (χ4n) is 0.485. The SMILES string of the molecule is COCC(Cl)CCC#N. The van der Waals surface area contributed by atoms with Gasteiger partial charge in [0.05, 0.1) is 18.1 Å².